The van der Waals surface area contributed by atoms with E-state index in [1.165, 1.54) is 12.1 Å². The molecule has 1 amide bonds. The van der Waals surface area contributed by atoms with Gasteiger partial charge in [-0.3, -0.25) is 4.79 Å². The van der Waals surface area contributed by atoms with E-state index >= 15 is 0 Å². The summed E-state index contributed by atoms with van der Waals surface area (Å²) in [7, 11) is 0. The summed E-state index contributed by atoms with van der Waals surface area (Å²) in [4.78, 5) is 11.3. The van der Waals surface area contributed by atoms with Crippen LogP contribution in [-0.2, 0) is 12.7 Å². The van der Waals surface area contributed by atoms with E-state index in [0.29, 0.717) is 16.8 Å². The van der Waals surface area contributed by atoms with Gasteiger partial charge in [-0.2, -0.15) is 13.2 Å². The molecule has 0 saturated heterocycles. The van der Waals surface area contributed by atoms with E-state index in [2.05, 4.69) is 5.32 Å². The van der Waals surface area contributed by atoms with E-state index in [-0.39, 0.29) is 6.54 Å². The molecule has 0 radical (unpaired) electrons. The fourth-order valence-electron chi connectivity index (χ4n) is 1.92. The van der Waals surface area contributed by atoms with Gasteiger partial charge in [-0.05, 0) is 29.8 Å². The third-order valence-corrected chi connectivity index (χ3v) is 2.96. The first-order valence-electron chi connectivity index (χ1n) is 6.17. The SMILES string of the molecule is NC(=O)c1ccccc1CNc1cccc(C(F)(F)F)c1. The number of nitrogens with one attached hydrogen (secondary N) is 1. The van der Waals surface area contributed by atoms with Gasteiger partial charge < -0.3 is 11.1 Å². The number of amides is 1. The second kappa shape index (κ2) is 5.87. The van der Waals surface area contributed by atoms with Gasteiger partial charge in [-0.1, -0.05) is 24.3 Å². The average molecular weight is 294 g/mol. The molecule has 0 aliphatic heterocycles. The zero-order valence-corrected chi connectivity index (χ0v) is 10.9. The standard InChI is InChI=1S/C15H13F3N2O/c16-15(17,18)11-5-3-6-12(8-11)20-9-10-4-1-2-7-13(10)14(19)21/h1-8,20H,9H2,(H2,19,21). The van der Waals surface area contributed by atoms with Crippen LogP contribution in [0.5, 0.6) is 0 Å². The van der Waals surface area contributed by atoms with Crippen LogP contribution in [0.3, 0.4) is 0 Å². The number of carbonyl (C=O) groups excluding carboxylic acids is 1. The summed E-state index contributed by atoms with van der Waals surface area (Å²) in [5.41, 5.74) is 5.82. The van der Waals surface area contributed by atoms with E-state index in [1.807, 2.05) is 0 Å². The van der Waals surface area contributed by atoms with Crippen molar-refractivity contribution in [2.45, 2.75) is 12.7 Å². The van der Waals surface area contributed by atoms with Crippen molar-refractivity contribution in [3.63, 3.8) is 0 Å². The predicted molar refractivity (Wildman–Crippen MR) is 73.7 cm³/mol. The predicted octanol–water partition coefficient (Wildman–Crippen LogP) is 3.42. The van der Waals surface area contributed by atoms with Crippen LogP contribution in [0, 0.1) is 0 Å². The number of primary amides is 1. The summed E-state index contributed by atoms with van der Waals surface area (Å²) in [5.74, 6) is -0.573. The molecule has 0 atom stereocenters. The maximum absolute atomic E-state index is 12.6. The fourth-order valence-corrected chi connectivity index (χ4v) is 1.92. The molecule has 0 unspecified atom stereocenters. The van der Waals surface area contributed by atoms with Gasteiger partial charge >= 0.3 is 6.18 Å². The number of carbonyl (C=O) groups is 1. The van der Waals surface area contributed by atoms with Crippen molar-refractivity contribution in [3.8, 4) is 0 Å². The molecule has 21 heavy (non-hydrogen) atoms. The van der Waals surface area contributed by atoms with Crippen molar-refractivity contribution in [2.24, 2.45) is 5.73 Å². The van der Waals surface area contributed by atoms with E-state index in [9.17, 15) is 18.0 Å². The lowest BCUT2D eigenvalue weighted by atomic mass is 10.1. The van der Waals surface area contributed by atoms with Crippen LogP contribution < -0.4 is 11.1 Å². The van der Waals surface area contributed by atoms with Crippen molar-refractivity contribution < 1.29 is 18.0 Å². The van der Waals surface area contributed by atoms with E-state index < -0.39 is 17.6 Å². The highest BCUT2D eigenvalue weighted by Crippen LogP contribution is 2.30. The molecule has 0 aromatic heterocycles. The van der Waals surface area contributed by atoms with Crippen molar-refractivity contribution in [3.05, 3.63) is 65.2 Å². The molecule has 2 rings (SSSR count). The molecule has 3 nitrogen and oxygen atoms in total. The van der Waals surface area contributed by atoms with Crippen LogP contribution in [0.4, 0.5) is 18.9 Å². The second-order valence-corrected chi connectivity index (χ2v) is 4.45. The molecule has 0 saturated carbocycles. The quantitative estimate of drug-likeness (QED) is 0.908. The molecule has 6 heteroatoms. The topological polar surface area (TPSA) is 55.1 Å². The lowest BCUT2D eigenvalue weighted by Crippen LogP contribution is -2.15. The summed E-state index contributed by atoms with van der Waals surface area (Å²) in [6, 6.07) is 11.6. The van der Waals surface area contributed by atoms with Gasteiger partial charge in [0.05, 0.1) is 5.56 Å². The minimum atomic E-state index is -4.39. The number of alkyl halides is 3. The molecular weight excluding hydrogens is 281 g/mol. The van der Waals surface area contributed by atoms with Crippen molar-refractivity contribution >= 4 is 11.6 Å². The maximum Gasteiger partial charge on any atom is 0.416 e. The smallest absolute Gasteiger partial charge is 0.381 e. The molecule has 110 valence electrons. The fraction of sp³-hybridized carbons (Fsp3) is 0.133. The summed E-state index contributed by atoms with van der Waals surface area (Å²) in [6.45, 7) is 0.209. The van der Waals surface area contributed by atoms with Crippen LogP contribution in [0.1, 0.15) is 21.5 Å². The Balaban J connectivity index is 2.16. The first-order valence-corrected chi connectivity index (χ1v) is 6.17. The molecule has 2 aromatic rings. The maximum atomic E-state index is 12.6. The number of hydrogen-bond donors (Lipinski definition) is 2. The molecule has 0 spiro atoms. The van der Waals surface area contributed by atoms with Gasteiger partial charge in [0.15, 0.2) is 0 Å². The second-order valence-electron chi connectivity index (χ2n) is 4.45. The largest absolute Gasteiger partial charge is 0.416 e. The number of halogens is 3. The molecule has 0 aliphatic rings. The Kier molecular flexibility index (Phi) is 4.16. The zero-order chi connectivity index (χ0) is 15.5. The molecule has 0 fully saturated rings. The number of nitrogens with two attached hydrogens (primary N) is 1. The summed E-state index contributed by atoms with van der Waals surface area (Å²) in [5, 5.41) is 2.86. The Hall–Kier alpha value is -2.50. The molecule has 0 heterocycles. The monoisotopic (exact) mass is 294 g/mol. The molecule has 0 bridgehead atoms. The van der Waals surface area contributed by atoms with Gasteiger partial charge in [0.25, 0.3) is 0 Å². The minimum Gasteiger partial charge on any atom is -0.381 e. The summed E-state index contributed by atoms with van der Waals surface area (Å²) in [6.07, 6.45) is -4.39. The minimum absolute atomic E-state index is 0.209. The van der Waals surface area contributed by atoms with Crippen LogP contribution in [0.25, 0.3) is 0 Å². The lowest BCUT2D eigenvalue weighted by Gasteiger charge is -2.12. The number of anilines is 1. The van der Waals surface area contributed by atoms with Crippen LogP contribution in [0.15, 0.2) is 48.5 Å². The highest BCUT2D eigenvalue weighted by molar-refractivity contribution is 5.94. The van der Waals surface area contributed by atoms with Crippen LogP contribution in [0.2, 0.25) is 0 Å². The Labute approximate surface area is 119 Å². The average Bonchev–Trinajstić information content (AvgIpc) is 2.45. The Morgan fingerprint density at radius 2 is 1.81 bits per heavy atom. The molecule has 3 N–H and O–H groups in total. The van der Waals surface area contributed by atoms with Gasteiger partial charge in [0.2, 0.25) is 5.91 Å². The molecule has 2 aromatic carbocycles. The van der Waals surface area contributed by atoms with Crippen LogP contribution in [-0.4, -0.2) is 5.91 Å². The van der Waals surface area contributed by atoms with Gasteiger partial charge in [0, 0.05) is 17.8 Å². The third kappa shape index (κ3) is 3.75. The number of hydrogen-bond acceptors (Lipinski definition) is 2. The lowest BCUT2D eigenvalue weighted by molar-refractivity contribution is -0.137. The van der Waals surface area contributed by atoms with Crippen LogP contribution >= 0.6 is 0 Å². The van der Waals surface area contributed by atoms with Crippen molar-refractivity contribution in [1.29, 1.82) is 0 Å². The number of benzene rings is 2. The third-order valence-electron chi connectivity index (χ3n) is 2.96. The summed E-state index contributed by atoms with van der Waals surface area (Å²) >= 11 is 0. The van der Waals surface area contributed by atoms with E-state index in [4.69, 9.17) is 5.73 Å². The van der Waals surface area contributed by atoms with Gasteiger partial charge in [-0.25, -0.2) is 0 Å². The zero-order valence-electron chi connectivity index (χ0n) is 10.9. The van der Waals surface area contributed by atoms with E-state index in [1.54, 1.807) is 24.3 Å². The first-order chi connectivity index (χ1) is 9.88. The Morgan fingerprint density at radius 3 is 2.48 bits per heavy atom. The first kappa shape index (κ1) is 14.9. The van der Waals surface area contributed by atoms with Gasteiger partial charge in [0.1, 0.15) is 0 Å². The normalized spacial score (nSPS) is 11.2. The van der Waals surface area contributed by atoms with Crippen molar-refractivity contribution in [2.75, 3.05) is 5.32 Å². The highest BCUT2D eigenvalue weighted by atomic mass is 19.4. The summed E-state index contributed by atoms with van der Waals surface area (Å²) < 4.78 is 37.8. The number of rotatable bonds is 4. The van der Waals surface area contributed by atoms with Gasteiger partial charge in [-0.15, -0.1) is 0 Å². The molecular formula is C15H13F3N2O. The van der Waals surface area contributed by atoms with E-state index in [0.717, 1.165) is 12.1 Å². The van der Waals surface area contributed by atoms with Crippen molar-refractivity contribution in [1.82, 2.24) is 0 Å². The Bertz CT molecular complexity index is 653. The highest BCUT2D eigenvalue weighted by Gasteiger charge is 2.30. The molecule has 0 aliphatic carbocycles. The Morgan fingerprint density at radius 1 is 1.10 bits per heavy atom.